The lowest BCUT2D eigenvalue weighted by molar-refractivity contribution is -0.0932. The van der Waals surface area contributed by atoms with Gasteiger partial charge in [-0.3, -0.25) is 0 Å². The summed E-state index contributed by atoms with van der Waals surface area (Å²) in [5.74, 6) is 4.09. The van der Waals surface area contributed by atoms with Crippen LogP contribution in [0.25, 0.3) is 0 Å². The molecule has 0 bridgehead atoms. The summed E-state index contributed by atoms with van der Waals surface area (Å²) >= 11 is 3.73. The van der Waals surface area contributed by atoms with Gasteiger partial charge >= 0.3 is 0 Å². The van der Waals surface area contributed by atoms with Crippen LogP contribution in [-0.4, -0.2) is 45.4 Å². The predicted octanol–water partition coefficient (Wildman–Crippen LogP) is 1.75. The van der Waals surface area contributed by atoms with Crippen LogP contribution in [0.1, 0.15) is 25.7 Å². The fraction of sp³-hybridized carbons (Fsp3) is 1.00. The maximum absolute atomic E-state index is 10.8. The van der Waals surface area contributed by atoms with Crippen molar-refractivity contribution in [3.63, 3.8) is 0 Å². The van der Waals surface area contributed by atoms with Crippen LogP contribution in [0.2, 0.25) is 0 Å². The second-order valence-electron chi connectivity index (χ2n) is 4.78. The third-order valence-corrected chi connectivity index (χ3v) is 6.43. The minimum Gasteiger partial charge on any atom is -0.396 e. The first-order chi connectivity index (χ1) is 7.22. The van der Waals surface area contributed by atoms with E-state index in [2.05, 4.69) is 0 Å². The predicted molar refractivity (Wildman–Crippen MR) is 67.6 cm³/mol. The monoisotopic (exact) mass is 248 g/mol. The maximum atomic E-state index is 10.8. The van der Waals surface area contributed by atoms with Crippen LogP contribution in [0.5, 0.6) is 0 Å². The quantitative estimate of drug-likeness (QED) is 0.781. The number of hydrogen-bond donors (Lipinski definition) is 2. The molecular formula is C11H20O2S2. The summed E-state index contributed by atoms with van der Waals surface area (Å²) in [5, 5.41) is 20.4. The lowest BCUT2D eigenvalue weighted by Gasteiger charge is -2.50. The van der Waals surface area contributed by atoms with E-state index in [1.165, 1.54) is 5.75 Å². The second kappa shape index (κ2) is 4.86. The van der Waals surface area contributed by atoms with Crippen molar-refractivity contribution in [2.45, 2.75) is 31.3 Å². The lowest BCUT2D eigenvalue weighted by atomic mass is 9.69. The van der Waals surface area contributed by atoms with E-state index in [1.807, 2.05) is 23.5 Å². The molecule has 2 atom stereocenters. The standard InChI is InChI=1S/C11H20O2S2/c12-7-10(3-1-5-14-8-10)11(13)4-2-6-15-9-11/h12-13H,1-9H2. The maximum Gasteiger partial charge on any atom is 0.0823 e. The van der Waals surface area contributed by atoms with Crippen molar-refractivity contribution in [1.82, 2.24) is 0 Å². The number of aliphatic hydroxyl groups excluding tert-OH is 1. The highest BCUT2D eigenvalue weighted by molar-refractivity contribution is 7.99. The summed E-state index contributed by atoms with van der Waals surface area (Å²) in [4.78, 5) is 0. The molecule has 2 fully saturated rings. The van der Waals surface area contributed by atoms with E-state index in [9.17, 15) is 10.2 Å². The van der Waals surface area contributed by atoms with E-state index < -0.39 is 5.60 Å². The van der Waals surface area contributed by atoms with Crippen molar-refractivity contribution in [3.05, 3.63) is 0 Å². The number of hydrogen-bond acceptors (Lipinski definition) is 4. The van der Waals surface area contributed by atoms with Crippen LogP contribution in [-0.2, 0) is 0 Å². The first-order valence-corrected chi connectivity index (χ1v) is 8.02. The van der Waals surface area contributed by atoms with Gasteiger partial charge in [-0.1, -0.05) is 0 Å². The van der Waals surface area contributed by atoms with Crippen molar-refractivity contribution in [3.8, 4) is 0 Å². The average molecular weight is 248 g/mol. The van der Waals surface area contributed by atoms with Gasteiger partial charge in [0, 0.05) is 16.9 Å². The lowest BCUT2D eigenvalue weighted by Crippen LogP contribution is -2.56. The van der Waals surface area contributed by atoms with Crippen molar-refractivity contribution in [2.24, 2.45) is 5.41 Å². The van der Waals surface area contributed by atoms with Crippen molar-refractivity contribution in [2.75, 3.05) is 29.6 Å². The van der Waals surface area contributed by atoms with Gasteiger partial charge in [0.15, 0.2) is 0 Å². The van der Waals surface area contributed by atoms with E-state index in [4.69, 9.17) is 0 Å². The number of thioether (sulfide) groups is 2. The molecule has 0 aliphatic carbocycles. The molecule has 2 aliphatic heterocycles. The molecule has 0 aromatic heterocycles. The highest BCUT2D eigenvalue weighted by Crippen LogP contribution is 2.48. The van der Waals surface area contributed by atoms with Crippen LogP contribution in [0, 0.1) is 5.41 Å². The molecule has 2 saturated heterocycles. The Balaban J connectivity index is 2.15. The molecule has 2 rings (SSSR count). The Kier molecular flexibility index (Phi) is 3.92. The van der Waals surface area contributed by atoms with Gasteiger partial charge in [-0.25, -0.2) is 0 Å². The summed E-state index contributed by atoms with van der Waals surface area (Å²) in [6, 6.07) is 0. The number of aliphatic hydroxyl groups is 2. The van der Waals surface area contributed by atoms with Gasteiger partial charge in [-0.05, 0) is 37.2 Å². The molecule has 2 nitrogen and oxygen atoms in total. The summed E-state index contributed by atoms with van der Waals surface area (Å²) in [7, 11) is 0. The molecule has 0 aromatic carbocycles. The SMILES string of the molecule is OCC1(C2(O)CCCSC2)CCCSC1. The Bertz CT molecular complexity index is 209. The minimum atomic E-state index is -0.613. The summed E-state index contributed by atoms with van der Waals surface area (Å²) in [6.07, 6.45) is 4.10. The van der Waals surface area contributed by atoms with Gasteiger partial charge in [0.1, 0.15) is 0 Å². The van der Waals surface area contributed by atoms with E-state index in [1.54, 1.807) is 0 Å². The van der Waals surface area contributed by atoms with Crippen molar-refractivity contribution < 1.29 is 10.2 Å². The van der Waals surface area contributed by atoms with Gasteiger partial charge in [0.2, 0.25) is 0 Å². The van der Waals surface area contributed by atoms with E-state index >= 15 is 0 Å². The van der Waals surface area contributed by atoms with Crippen LogP contribution < -0.4 is 0 Å². The Labute approximate surface area is 100 Å². The van der Waals surface area contributed by atoms with Crippen LogP contribution in [0.3, 0.4) is 0 Å². The first kappa shape index (κ1) is 12.1. The molecule has 2 aliphatic rings. The molecule has 0 amide bonds. The molecule has 15 heavy (non-hydrogen) atoms. The van der Waals surface area contributed by atoms with Crippen molar-refractivity contribution >= 4 is 23.5 Å². The largest absolute Gasteiger partial charge is 0.396 e. The minimum absolute atomic E-state index is 0.150. The number of rotatable bonds is 2. The zero-order chi connectivity index (χ0) is 10.8. The fourth-order valence-electron chi connectivity index (χ4n) is 2.69. The van der Waals surface area contributed by atoms with Gasteiger partial charge in [-0.15, -0.1) is 0 Å². The van der Waals surface area contributed by atoms with E-state index in [-0.39, 0.29) is 12.0 Å². The molecule has 0 saturated carbocycles. The zero-order valence-electron chi connectivity index (χ0n) is 9.07. The van der Waals surface area contributed by atoms with Crippen LogP contribution in [0.4, 0.5) is 0 Å². The summed E-state index contributed by atoms with van der Waals surface area (Å²) < 4.78 is 0. The van der Waals surface area contributed by atoms with Gasteiger partial charge in [0.05, 0.1) is 12.2 Å². The average Bonchev–Trinajstić information content (AvgIpc) is 2.31. The molecular weight excluding hydrogens is 228 g/mol. The third kappa shape index (κ3) is 2.19. The van der Waals surface area contributed by atoms with E-state index in [0.717, 1.165) is 42.9 Å². The molecule has 2 N–H and O–H groups in total. The normalized spacial score (nSPS) is 42.8. The van der Waals surface area contributed by atoms with Gasteiger partial charge in [-0.2, -0.15) is 23.5 Å². The van der Waals surface area contributed by atoms with Crippen LogP contribution in [0.15, 0.2) is 0 Å². The molecule has 0 aromatic rings. The molecule has 88 valence electrons. The second-order valence-corrected chi connectivity index (χ2v) is 6.99. The van der Waals surface area contributed by atoms with Crippen molar-refractivity contribution in [1.29, 1.82) is 0 Å². The molecule has 0 radical (unpaired) electrons. The fourth-order valence-corrected chi connectivity index (χ4v) is 5.36. The topological polar surface area (TPSA) is 40.5 Å². The Morgan fingerprint density at radius 2 is 1.67 bits per heavy atom. The van der Waals surface area contributed by atoms with E-state index in [0.29, 0.717) is 0 Å². The molecule has 0 spiro atoms. The highest BCUT2D eigenvalue weighted by atomic mass is 32.2. The summed E-state index contributed by atoms with van der Waals surface area (Å²) in [6.45, 7) is 0.150. The van der Waals surface area contributed by atoms with Gasteiger partial charge in [0.25, 0.3) is 0 Å². The zero-order valence-corrected chi connectivity index (χ0v) is 10.7. The summed E-state index contributed by atoms with van der Waals surface area (Å²) in [5.41, 5.74) is -0.832. The van der Waals surface area contributed by atoms with Gasteiger partial charge < -0.3 is 10.2 Å². The Morgan fingerprint density at radius 1 is 1.00 bits per heavy atom. The Morgan fingerprint density at radius 3 is 2.13 bits per heavy atom. The molecule has 2 unspecified atom stereocenters. The first-order valence-electron chi connectivity index (χ1n) is 5.71. The smallest absolute Gasteiger partial charge is 0.0823 e. The van der Waals surface area contributed by atoms with Crippen LogP contribution >= 0.6 is 23.5 Å². The Hall–Kier alpha value is 0.620. The molecule has 4 heteroatoms. The highest BCUT2D eigenvalue weighted by Gasteiger charge is 2.50. The molecule has 2 heterocycles. The third-order valence-electron chi connectivity index (χ3n) is 3.83.